The first-order valence-corrected chi connectivity index (χ1v) is 33.8. The van der Waals surface area contributed by atoms with E-state index in [0.29, 0.717) is 19.3 Å². The average molecular weight is 1060 g/mol. The number of carbonyl (C=O) groups is 3. The molecule has 75 heavy (non-hydrogen) atoms. The molecule has 0 aromatic carbocycles. The van der Waals surface area contributed by atoms with Crippen LogP contribution < -0.4 is 0 Å². The van der Waals surface area contributed by atoms with Crippen molar-refractivity contribution in [2.75, 3.05) is 13.2 Å². The number of allylic oxidation sites excluding steroid dienone is 4. The van der Waals surface area contributed by atoms with Gasteiger partial charge in [0.1, 0.15) is 13.2 Å². The van der Waals surface area contributed by atoms with Crippen LogP contribution in [-0.2, 0) is 28.6 Å². The van der Waals surface area contributed by atoms with Gasteiger partial charge in [-0.1, -0.05) is 334 Å². The van der Waals surface area contributed by atoms with Crippen LogP contribution in [0, 0.1) is 0 Å². The van der Waals surface area contributed by atoms with Gasteiger partial charge in [-0.15, -0.1) is 0 Å². The number of hydrogen-bond acceptors (Lipinski definition) is 6. The third-order valence-corrected chi connectivity index (χ3v) is 15.5. The molecule has 0 N–H and O–H groups in total. The van der Waals surface area contributed by atoms with Crippen molar-refractivity contribution >= 4 is 17.9 Å². The number of esters is 3. The summed E-state index contributed by atoms with van der Waals surface area (Å²) in [7, 11) is 0. The Kier molecular flexibility index (Phi) is 62.6. The van der Waals surface area contributed by atoms with Crippen molar-refractivity contribution in [2.24, 2.45) is 0 Å². The number of carbonyl (C=O) groups excluding carboxylic acids is 3. The second-order valence-electron chi connectivity index (χ2n) is 23.1. The Morgan fingerprint density at radius 2 is 0.480 bits per heavy atom. The van der Waals surface area contributed by atoms with Crippen LogP contribution in [0.3, 0.4) is 0 Å². The summed E-state index contributed by atoms with van der Waals surface area (Å²) in [5, 5.41) is 0. The van der Waals surface area contributed by atoms with Crippen LogP contribution in [0.5, 0.6) is 0 Å². The molecule has 0 aromatic rings. The molecule has 0 saturated carbocycles. The van der Waals surface area contributed by atoms with Crippen molar-refractivity contribution in [1.82, 2.24) is 0 Å². The van der Waals surface area contributed by atoms with Gasteiger partial charge in [0.2, 0.25) is 0 Å². The average Bonchev–Trinajstić information content (AvgIpc) is 3.41. The molecule has 0 heterocycles. The minimum atomic E-state index is -0.774. The molecule has 6 heteroatoms. The normalized spacial score (nSPS) is 12.1. The molecule has 0 aromatic heterocycles. The topological polar surface area (TPSA) is 78.9 Å². The van der Waals surface area contributed by atoms with Crippen LogP contribution in [-0.4, -0.2) is 37.2 Å². The lowest BCUT2D eigenvalue weighted by Gasteiger charge is -2.18. The lowest BCUT2D eigenvalue weighted by molar-refractivity contribution is -0.167. The fourth-order valence-corrected chi connectivity index (χ4v) is 10.4. The fourth-order valence-electron chi connectivity index (χ4n) is 10.4. The standard InChI is InChI=1S/C69H130O6/c1-4-7-10-13-16-19-22-25-27-29-30-31-32-33-34-35-36-37-38-39-40-41-43-44-47-50-53-56-59-62-68(71)74-65-66(64-73-67(70)61-58-55-52-49-46-24-21-18-15-12-9-6-3)75-69(72)63-60-57-54-51-48-45-42-28-26-23-20-17-14-11-8-5-2/h20,23,28,42,66H,4-19,21-22,24-27,29-41,43-65H2,1-3H3/b23-20-,42-28-. The van der Waals surface area contributed by atoms with E-state index in [1.807, 2.05) is 0 Å². The smallest absolute Gasteiger partial charge is 0.306 e. The molecule has 0 spiro atoms. The predicted molar refractivity (Wildman–Crippen MR) is 326 cm³/mol. The summed E-state index contributed by atoms with van der Waals surface area (Å²) >= 11 is 0. The first-order valence-electron chi connectivity index (χ1n) is 33.8. The van der Waals surface area contributed by atoms with Crippen LogP contribution in [0.4, 0.5) is 0 Å². The highest BCUT2D eigenvalue weighted by Gasteiger charge is 2.19. The summed E-state index contributed by atoms with van der Waals surface area (Å²) in [4.78, 5) is 38.3. The third kappa shape index (κ3) is 62.6. The molecule has 442 valence electrons. The highest BCUT2D eigenvalue weighted by Crippen LogP contribution is 2.18. The minimum Gasteiger partial charge on any atom is -0.462 e. The van der Waals surface area contributed by atoms with E-state index in [4.69, 9.17) is 14.2 Å². The molecule has 0 aliphatic heterocycles. The van der Waals surface area contributed by atoms with E-state index in [2.05, 4.69) is 45.1 Å². The van der Waals surface area contributed by atoms with Crippen molar-refractivity contribution in [3.05, 3.63) is 24.3 Å². The van der Waals surface area contributed by atoms with Crippen molar-refractivity contribution in [1.29, 1.82) is 0 Å². The molecule has 0 aliphatic rings. The molecular formula is C69H130O6. The van der Waals surface area contributed by atoms with Gasteiger partial charge >= 0.3 is 17.9 Å². The Morgan fingerprint density at radius 1 is 0.267 bits per heavy atom. The zero-order chi connectivity index (χ0) is 54.3. The van der Waals surface area contributed by atoms with Gasteiger partial charge in [-0.3, -0.25) is 14.4 Å². The maximum Gasteiger partial charge on any atom is 0.306 e. The second-order valence-corrected chi connectivity index (χ2v) is 23.1. The number of ether oxygens (including phenoxy) is 3. The molecule has 0 fully saturated rings. The summed E-state index contributed by atoms with van der Waals surface area (Å²) in [6, 6.07) is 0. The predicted octanol–water partition coefficient (Wildman–Crippen LogP) is 23.0. The van der Waals surface area contributed by atoms with Crippen LogP contribution in [0.15, 0.2) is 24.3 Å². The van der Waals surface area contributed by atoms with Crippen molar-refractivity contribution in [3.8, 4) is 0 Å². The van der Waals surface area contributed by atoms with Crippen LogP contribution in [0.25, 0.3) is 0 Å². The molecule has 0 rings (SSSR count). The summed E-state index contributed by atoms with van der Waals surface area (Å²) in [5.41, 5.74) is 0. The van der Waals surface area contributed by atoms with Gasteiger partial charge in [0.15, 0.2) is 6.10 Å². The number of unbranched alkanes of at least 4 members (excludes halogenated alkanes) is 48. The molecule has 1 unspecified atom stereocenters. The van der Waals surface area contributed by atoms with Gasteiger partial charge in [-0.2, -0.15) is 0 Å². The molecule has 0 saturated heterocycles. The Hall–Kier alpha value is -2.11. The first-order chi connectivity index (χ1) is 37.0. The van der Waals surface area contributed by atoms with E-state index in [0.717, 1.165) is 77.0 Å². The molecule has 6 nitrogen and oxygen atoms in total. The van der Waals surface area contributed by atoms with Crippen LogP contribution >= 0.6 is 0 Å². The van der Waals surface area contributed by atoms with Crippen LogP contribution in [0.1, 0.15) is 380 Å². The van der Waals surface area contributed by atoms with E-state index >= 15 is 0 Å². The van der Waals surface area contributed by atoms with Gasteiger partial charge in [0.05, 0.1) is 0 Å². The van der Waals surface area contributed by atoms with Gasteiger partial charge < -0.3 is 14.2 Å². The monoisotopic (exact) mass is 1050 g/mol. The molecule has 0 radical (unpaired) electrons. The molecular weight excluding hydrogens is 925 g/mol. The zero-order valence-corrected chi connectivity index (χ0v) is 50.8. The number of rotatable bonds is 63. The minimum absolute atomic E-state index is 0.0711. The maximum atomic E-state index is 12.9. The summed E-state index contributed by atoms with van der Waals surface area (Å²) in [6.07, 6.45) is 77.8. The van der Waals surface area contributed by atoms with Crippen molar-refractivity contribution in [2.45, 2.75) is 386 Å². The second kappa shape index (κ2) is 64.4. The Labute approximate surface area is 468 Å². The summed E-state index contributed by atoms with van der Waals surface area (Å²) < 4.78 is 16.9. The largest absolute Gasteiger partial charge is 0.462 e. The molecule has 0 bridgehead atoms. The van der Waals surface area contributed by atoms with E-state index < -0.39 is 6.10 Å². The summed E-state index contributed by atoms with van der Waals surface area (Å²) in [6.45, 7) is 6.68. The Morgan fingerprint density at radius 3 is 0.747 bits per heavy atom. The van der Waals surface area contributed by atoms with E-state index in [1.165, 1.54) is 263 Å². The van der Waals surface area contributed by atoms with Crippen molar-refractivity contribution < 1.29 is 28.6 Å². The number of hydrogen-bond donors (Lipinski definition) is 0. The van der Waals surface area contributed by atoms with Crippen molar-refractivity contribution in [3.63, 3.8) is 0 Å². The molecule has 0 amide bonds. The lowest BCUT2D eigenvalue weighted by Crippen LogP contribution is -2.30. The SMILES string of the molecule is CCCCCC/C=C\C/C=C\CCCCCCCC(=O)OC(COC(=O)CCCCCCCCCCCCCC)COC(=O)CCCCCCCCCCCCCCCCCCCCCCCCCCCCCCC. The van der Waals surface area contributed by atoms with Gasteiger partial charge in [0, 0.05) is 19.3 Å². The molecule has 0 aliphatic carbocycles. The quantitative estimate of drug-likeness (QED) is 0.0261. The highest BCUT2D eigenvalue weighted by molar-refractivity contribution is 5.71. The fraction of sp³-hybridized carbons (Fsp3) is 0.899. The Balaban J connectivity index is 4.13. The first kappa shape index (κ1) is 72.9. The third-order valence-electron chi connectivity index (χ3n) is 15.5. The van der Waals surface area contributed by atoms with E-state index in [1.54, 1.807) is 0 Å². The lowest BCUT2D eigenvalue weighted by atomic mass is 10.0. The van der Waals surface area contributed by atoms with E-state index in [9.17, 15) is 14.4 Å². The van der Waals surface area contributed by atoms with Gasteiger partial charge in [-0.05, 0) is 51.4 Å². The summed E-state index contributed by atoms with van der Waals surface area (Å²) in [5.74, 6) is -0.858. The Bertz CT molecular complexity index is 1210. The van der Waals surface area contributed by atoms with E-state index in [-0.39, 0.29) is 31.1 Å². The zero-order valence-electron chi connectivity index (χ0n) is 50.8. The molecule has 1 atom stereocenters. The van der Waals surface area contributed by atoms with Gasteiger partial charge in [0.25, 0.3) is 0 Å². The highest BCUT2D eigenvalue weighted by atomic mass is 16.6. The van der Waals surface area contributed by atoms with Gasteiger partial charge in [-0.25, -0.2) is 0 Å². The maximum absolute atomic E-state index is 12.9. The van der Waals surface area contributed by atoms with Crippen LogP contribution in [0.2, 0.25) is 0 Å².